The van der Waals surface area contributed by atoms with Crippen LogP contribution < -0.4 is 9.47 Å². The van der Waals surface area contributed by atoms with Gasteiger partial charge in [-0.3, -0.25) is 0 Å². The van der Waals surface area contributed by atoms with E-state index < -0.39 is 12.1 Å². The molecule has 1 aromatic rings. The second-order valence-electron chi connectivity index (χ2n) is 3.64. The van der Waals surface area contributed by atoms with Crippen molar-refractivity contribution < 1.29 is 22.6 Å². The van der Waals surface area contributed by atoms with Gasteiger partial charge in [-0.2, -0.15) is 13.2 Å². The van der Waals surface area contributed by atoms with E-state index >= 15 is 0 Å². The van der Waals surface area contributed by atoms with Crippen molar-refractivity contribution in [3.05, 3.63) is 23.8 Å². The van der Waals surface area contributed by atoms with Crippen LogP contribution in [0.3, 0.4) is 0 Å². The summed E-state index contributed by atoms with van der Waals surface area (Å²) < 4.78 is 48.3. The normalized spacial score (nSPS) is 19.9. The molecule has 2 rings (SSSR count). The molecule has 0 saturated carbocycles. The SMILES string of the molecule is COc1ccc2c(c1)OCCC2C(F)(F)F. The first-order valence-electron chi connectivity index (χ1n) is 4.90. The summed E-state index contributed by atoms with van der Waals surface area (Å²) in [6.45, 7) is 0.0876. The number of hydrogen-bond acceptors (Lipinski definition) is 2. The molecule has 1 aliphatic rings. The first-order valence-corrected chi connectivity index (χ1v) is 4.90. The Hall–Kier alpha value is -1.39. The van der Waals surface area contributed by atoms with Crippen molar-refractivity contribution in [2.75, 3.05) is 13.7 Å². The number of hydrogen-bond donors (Lipinski definition) is 0. The van der Waals surface area contributed by atoms with Gasteiger partial charge in [0.2, 0.25) is 0 Å². The second kappa shape index (κ2) is 3.88. The van der Waals surface area contributed by atoms with Crippen LogP contribution in [0.25, 0.3) is 0 Å². The van der Waals surface area contributed by atoms with E-state index in [0.29, 0.717) is 5.75 Å². The highest BCUT2D eigenvalue weighted by atomic mass is 19.4. The third kappa shape index (κ3) is 1.94. The lowest BCUT2D eigenvalue weighted by atomic mass is 9.92. The predicted octanol–water partition coefficient (Wildman–Crippen LogP) is 3.12. The van der Waals surface area contributed by atoms with Crippen LogP contribution in [0.5, 0.6) is 11.5 Å². The van der Waals surface area contributed by atoms with Crippen LogP contribution in [-0.4, -0.2) is 19.9 Å². The summed E-state index contributed by atoms with van der Waals surface area (Å²) in [7, 11) is 1.46. The second-order valence-corrected chi connectivity index (χ2v) is 3.64. The maximum absolute atomic E-state index is 12.7. The number of alkyl halides is 3. The molecule has 88 valence electrons. The lowest BCUT2D eigenvalue weighted by Gasteiger charge is -2.27. The largest absolute Gasteiger partial charge is 0.497 e. The maximum atomic E-state index is 12.7. The Labute approximate surface area is 91.0 Å². The van der Waals surface area contributed by atoms with Crippen LogP contribution in [0.1, 0.15) is 17.9 Å². The van der Waals surface area contributed by atoms with Gasteiger partial charge in [-0.05, 0) is 12.5 Å². The first kappa shape index (κ1) is 11.1. The Bertz CT molecular complexity index is 387. The molecule has 0 aliphatic carbocycles. The van der Waals surface area contributed by atoms with E-state index in [1.165, 1.54) is 25.3 Å². The van der Waals surface area contributed by atoms with E-state index in [2.05, 4.69) is 0 Å². The van der Waals surface area contributed by atoms with Gasteiger partial charge in [0.15, 0.2) is 0 Å². The molecule has 1 heterocycles. The molecule has 0 radical (unpaired) electrons. The van der Waals surface area contributed by atoms with Crippen molar-refractivity contribution in [2.24, 2.45) is 0 Å². The van der Waals surface area contributed by atoms with Crippen LogP contribution in [0.4, 0.5) is 13.2 Å². The number of rotatable bonds is 1. The Kier molecular flexibility index (Phi) is 2.69. The molecule has 0 fully saturated rings. The van der Waals surface area contributed by atoms with E-state index in [9.17, 15) is 13.2 Å². The highest BCUT2D eigenvalue weighted by Gasteiger charge is 2.43. The smallest absolute Gasteiger partial charge is 0.396 e. The van der Waals surface area contributed by atoms with Gasteiger partial charge in [0.1, 0.15) is 11.5 Å². The standard InChI is InChI=1S/C11H11F3O2/c1-15-7-2-3-8-9(11(12,13)14)4-5-16-10(8)6-7/h2-3,6,9H,4-5H2,1H3. The summed E-state index contributed by atoms with van der Waals surface area (Å²) in [5.41, 5.74) is 0.194. The van der Waals surface area contributed by atoms with E-state index in [4.69, 9.17) is 9.47 Å². The fraction of sp³-hybridized carbons (Fsp3) is 0.455. The van der Waals surface area contributed by atoms with E-state index in [1.807, 2.05) is 0 Å². The fourth-order valence-corrected chi connectivity index (χ4v) is 1.84. The predicted molar refractivity (Wildman–Crippen MR) is 51.9 cm³/mol. The van der Waals surface area contributed by atoms with Crippen molar-refractivity contribution >= 4 is 0 Å². The van der Waals surface area contributed by atoms with Gasteiger partial charge >= 0.3 is 6.18 Å². The lowest BCUT2D eigenvalue weighted by molar-refractivity contribution is -0.155. The molecule has 2 nitrogen and oxygen atoms in total. The topological polar surface area (TPSA) is 18.5 Å². The Morgan fingerprint density at radius 3 is 2.75 bits per heavy atom. The zero-order valence-electron chi connectivity index (χ0n) is 8.67. The molecule has 1 unspecified atom stereocenters. The van der Waals surface area contributed by atoms with Gasteiger partial charge in [0.25, 0.3) is 0 Å². The van der Waals surface area contributed by atoms with Gasteiger partial charge in [-0.25, -0.2) is 0 Å². The summed E-state index contributed by atoms with van der Waals surface area (Å²) in [4.78, 5) is 0. The number of halogens is 3. The van der Waals surface area contributed by atoms with Gasteiger partial charge in [-0.15, -0.1) is 0 Å². The summed E-state index contributed by atoms with van der Waals surface area (Å²) in [6.07, 6.45) is -4.24. The van der Waals surface area contributed by atoms with Crippen molar-refractivity contribution in [3.8, 4) is 11.5 Å². The van der Waals surface area contributed by atoms with Gasteiger partial charge in [0, 0.05) is 11.6 Å². The first-order chi connectivity index (χ1) is 7.52. The maximum Gasteiger partial charge on any atom is 0.396 e. The van der Waals surface area contributed by atoms with E-state index in [-0.39, 0.29) is 24.3 Å². The van der Waals surface area contributed by atoms with Gasteiger partial charge in [0.05, 0.1) is 19.6 Å². The number of ether oxygens (including phenoxy) is 2. The Balaban J connectivity index is 2.40. The Morgan fingerprint density at radius 2 is 2.12 bits per heavy atom. The average molecular weight is 232 g/mol. The summed E-state index contributed by atoms with van der Waals surface area (Å²) in [5, 5.41) is 0. The average Bonchev–Trinajstić information content (AvgIpc) is 2.26. The van der Waals surface area contributed by atoms with E-state index in [0.717, 1.165) is 0 Å². The quantitative estimate of drug-likeness (QED) is 0.740. The van der Waals surface area contributed by atoms with Crippen LogP contribution in [-0.2, 0) is 0 Å². The highest BCUT2D eigenvalue weighted by molar-refractivity contribution is 5.44. The fourth-order valence-electron chi connectivity index (χ4n) is 1.84. The molecule has 1 aromatic carbocycles. The third-order valence-corrected chi connectivity index (χ3v) is 2.66. The lowest BCUT2D eigenvalue weighted by Crippen LogP contribution is -2.26. The van der Waals surface area contributed by atoms with Crippen molar-refractivity contribution in [1.82, 2.24) is 0 Å². The monoisotopic (exact) mass is 232 g/mol. The summed E-state index contributed by atoms with van der Waals surface area (Å²) in [6, 6.07) is 4.44. The van der Waals surface area contributed by atoms with Crippen molar-refractivity contribution in [2.45, 2.75) is 18.5 Å². The van der Waals surface area contributed by atoms with Crippen molar-refractivity contribution in [1.29, 1.82) is 0 Å². The molecule has 0 amide bonds. The van der Waals surface area contributed by atoms with Crippen LogP contribution >= 0.6 is 0 Å². The highest BCUT2D eigenvalue weighted by Crippen LogP contribution is 2.44. The molecular formula is C11H11F3O2. The molecule has 0 saturated heterocycles. The van der Waals surface area contributed by atoms with Gasteiger partial charge in [-0.1, -0.05) is 6.07 Å². The molecule has 1 atom stereocenters. The summed E-state index contributed by atoms with van der Waals surface area (Å²) in [5.74, 6) is -0.656. The number of methoxy groups -OCH3 is 1. The minimum atomic E-state index is -4.22. The zero-order chi connectivity index (χ0) is 11.8. The zero-order valence-corrected chi connectivity index (χ0v) is 8.67. The minimum absolute atomic E-state index is 0.0250. The van der Waals surface area contributed by atoms with Crippen LogP contribution in [0, 0.1) is 0 Å². The van der Waals surface area contributed by atoms with Crippen LogP contribution in [0.2, 0.25) is 0 Å². The molecule has 5 heteroatoms. The molecular weight excluding hydrogens is 221 g/mol. The van der Waals surface area contributed by atoms with Crippen LogP contribution in [0.15, 0.2) is 18.2 Å². The molecule has 0 spiro atoms. The molecule has 1 aliphatic heterocycles. The minimum Gasteiger partial charge on any atom is -0.497 e. The number of fused-ring (bicyclic) bond motifs is 1. The van der Waals surface area contributed by atoms with Gasteiger partial charge < -0.3 is 9.47 Å². The molecule has 0 aromatic heterocycles. The van der Waals surface area contributed by atoms with E-state index in [1.54, 1.807) is 0 Å². The number of benzene rings is 1. The molecule has 0 bridgehead atoms. The Morgan fingerprint density at radius 1 is 1.38 bits per heavy atom. The summed E-state index contributed by atoms with van der Waals surface area (Å²) >= 11 is 0. The van der Waals surface area contributed by atoms with Crippen molar-refractivity contribution in [3.63, 3.8) is 0 Å². The molecule has 0 N–H and O–H groups in total. The molecule has 16 heavy (non-hydrogen) atoms. The third-order valence-electron chi connectivity index (χ3n) is 2.66.